The van der Waals surface area contributed by atoms with Gasteiger partial charge in [0.1, 0.15) is 17.5 Å². The zero-order chi connectivity index (χ0) is 18.4. The molecule has 2 aromatic rings. The summed E-state index contributed by atoms with van der Waals surface area (Å²) in [5.41, 5.74) is 6.60. The van der Waals surface area contributed by atoms with Crippen molar-refractivity contribution >= 4 is 28.9 Å². The van der Waals surface area contributed by atoms with Crippen LogP contribution >= 0.6 is 0 Å². The Kier molecular flexibility index (Phi) is 5.48. The summed E-state index contributed by atoms with van der Waals surface area (Å²) in [6, 6.07) is 13.3. The van der Waals surface area contributed by atoms with Crippen LogP contribution in [0.4, 0.5) is 21.5 Å². The zero-order valence-corrected chi connectivity index (χ0v) is 13.4. The third-order valence-corrected chi connectivity index (χ3v) is 3.21. The lowest BCUT2D eigenvalue weighted by atomic mass is 10.2. The Bertz CT molecular complexity index is 869. The van der Waals surface area contributed by atoms with Crippen LogP contribution in [-0.4, -0.2) is 11.8 Å². The standard InChI is InChI=1S/C18H15FN4O2/c1-12(24)23(17-4-2-3-15(21)9-17)11-13(10-20)18(25)22-16-7-5-14(19)6-8-16/h2-9,11H,21H2,1H3,(H,22,25)/b13-11-. The van der Waals surface area contributed by atoms with Crippen LogP contribution in [0.5, 0.6) is 0 Å². The molecule has 7 heteroatoms. The average Bonchev–Trinajstić information content (AvgIpc) is 2.57. The second-order valence-electron chi connectivity index (χ2n) is 5.10. The molecule has 0 aromatic heterocycles. The number of carbonyl (C=O) groups excluding carboxylic acids is 2. The largest absolute Gasteiger partial charge is 0.399 e. The number of carbonyl (C=O) groups is 2. The summed E-state index contributed by atoms with van der Waals surface area (Å²) in [7, 11) is 0. The number of amides is 2. The van der Waals surface area contributed by atoms with Crippen molar-refractivity contribution in [3.8, 4) is 6.07 Å². The molecule has 126 valence electrons. The first-order valence-corrected chi connectivity index (χ1v) is 7.25. The number of nitrogens with two attached hydrogens (primary N) is 1. The van der Waals surface area contributed by atoms with Crippen molar-refractivity contribution in [2.75, 3.05) is 16.0 Å². The van der Waals surface area contributed by atoms with Gasteiger partial charge in [-0.3, -0.25) is 14.5 Å². The number of benzene rings is 2. The summed E-state index contributed by atoms with van der Waals surface area (Å²) in [6.07, 6.45) is 1.13. The molecular formula is C18H15FN4O2. The fourth-order valence-corrected chi connectivity index (χ4v) is 2.02. The van der Waals surface area contributed by atoms with Crippen LogP contribution in [0.3, 0.4) is 0 Å². The maximum atomic E-state index is 12.9. The number of hydrogen-bond donors (Lipinski definition) is 2. The quantitative estimate of drug-likeness (QED) is 0.509. The number of hydrogen-bond acceptors (Lipinski definition) is 4. The van der Waals surface area contributed by atoms with Gasteiger partial charge in [0.25, 0.3) is 5.91 Å². The highest BCUT2D eigenvalue weighted by atomic mass is 19.1. The third kappa shape index (κ3) is 4.65. The summed E-state index contributed by atoms with van der Waals surface area (Å²) in [6.45, 7) is 1.30. The minimum atomic E-state index is -0.718. The monoisotopic (exact) mass is 338 g/mol. The van der Waals surface area contributed by atoms with Gasteiger partial charge in [-0.15, -0.1) is 0 Å². The molecule has 2 amide bonds. The molecule has 0 aliphatic rings. The van der Waals surface area contributed by atoms with Gasteiger partial charge in [0.2, 0.25) is 5.91 Å². The van der Waals surface area contributed by atoms with E-state index in [2.05, 4.69) is 5.32 Å². The van der Waals surface area contributed by atoms with E-state index in [0.29, 0.717) is 17.1 Å². The van der Waals surface area contributed by atoms with Gasteiger partial charge in [-0.25, -0.2) is 4.39 Å². The van der Waals surface area contributed by atoms with Crippen LogP contribution in [0.25, 0.3) is 0 Å². The number of halogens is 1. The molecule has 25 heavy (non-hydrogen) atoms. The average molecular weight is 338 g/mol. The summed E-state index contributed by atoms with van der Waals surface area (Å²) >= 11 is 0. The Morgan fingerprint density at radius 3 is 2.48 bits per heavy atom. The SMILES string of the molecule is CC(=O)N(/C=C(/C#N)C(=O)Nc1ccc(F)cc1)c1cccc(N)c1. The van der Waals surface area contributed by atoms with E-state index in [1.54, 1.807) is 30.3 Å². The van der Waals surface area contributed by atoms with Gasteiger partial charge in [-0.05, 0) is 42.5 Å². The van der Waals surface area contributed by atoms with Gasteiger partial charge < -0.3 is 11.1 Å². The lowest BCUT2D eigenvalue weighted by molar-refractivity contribution is -0.116. The number of rotatable bonds is 4. The number of nitrogens with one attached hydrogen (secondary N) is 1. The van der Waals surface area contributed by atoms with Crippen molar-refractivity contribution in [2.24, 2.45) is 0 Å². The number of nitriles is 1. The molecule has 0 saturated heterocycles. The van der Waals surface area contributed by atoms with E-state index in [1.807, 2.05) is 0 Å². The zero-order valence-electron chi connectivity index (χ0n) is 13.4. The van der Waals surface area contributed by atoms with E-state index in [-0.39, 0.29) is 5.57 Å². The molecule has 0 unspecified atom stereocenters. The number of nitrogens with zero attached hydrogens (tertiary/aromatic N) is 2. The molecule has 0 aliphatic carbocycles. The first-order chi connectivity index (χ1) is 11.9. The normalized spacial score (nSPS) is 10.7. The molecule has 3 N–H and O–H groups in total. The Morgan fingerprint density at radius 2 is 1.92 bits per heavy atom. The number of anilines is 3. The van der Waals surface area contributed by atoms with Crippen molar-refractivity contribution in [1.29, 1.82) is 5.26 Å². The molecule has 0 spiro atoms. The molecule has 0 radical (unpaired) electrons. The lowest BCUT2D eigenvalue weighted by Crippen LogP contribution is -2.25. The molecule has 0 heterocycles. The Morgan fingerprint density at radius 1 is 1.24 bits per heavy atom. The van der Waals surface area contributed by atoms with Crippen LogP contribution in [0.15, 0.2) is 60.3 Å². The number of nitrogen functional groups attached to an aromatic ring is 1. The van der Waals surface area contributed by atoms with E-state index < -0.39 is 17.6 Å². The van der Waals surface area contributed by atoms with Crippen molar-refractivity contribution in [2.45, 2.75) is 6.92 Å². The van der Waals surface area contributed by atoms with Gasteiger partial charge in [0, 0.05) is 24.5 Å². The minimum absolute atomic E-state index is 0.290. The fourth-order valence-electron chi connectivity index (χ4n) is 2.02. The van der Waals surface area contributed by atoms with Gasteiger partial charge in [0.05, 0.1) is 5.69 Å². The second kappa shape index (κ2) is 7.75. The predicted octanol–water partition coefficient (Wildman–Crippen LogP) is 2.81. The molecule has 2 aromatic carbocycles. The van der Waals surface area contributed by atoms with Crippen LogP contribution in [0, 0.1) is 17.1 Å². The molecule has 2 rings (SSSR count). The summed E-state index contributed by atoms with van der Waals surface area (Å²) in [4.78, 5) is 25.3. The smallest absolute Gasteiger partial charge is 0.267 e. The third-order valence-electron chi connectivity index (χ3n) is 3.21. The first-order valence-electron chi connectivity index (χ1n) is 7.25. The summed E-state index contributed by atoms with van der Waals surface area (Å²) in [5.74, 6) is -1.56. The highest BCUT2D eigenvalue weighted by Gasteiger charge is 2.15. The Balaban J connectivity index is 2.29. The maximum absolute atomic E-state index is 12.9. The highest BCUT2D eigenvalue weighted by molar-refractivity contribution is 6.08. The van der Waals surface area contributed by atoms with Crippen LogP contribution in [0.1, 0.15) is 6.92 Å². The van der Waals surface area contributed by atoms with E-state index in [0.717, 1.165) is 11.1 Å². The minimum Gasteiger partial charge on any atom is -0.399 e. The molecule has 0 atom stereocenters. The molecule has 0 fully saturated rings. The topological polar surface area (TPSA) is 99.2 Å². The molecule has 0 saturated carbocycles. The van der Waals surface area contributed by atoms with Crippen LogP contribution in [-0.2, 0) is 9.59 Å². The van der Waals surface area contributed by atoms with Gasteiger partial charge in [-0.2, -0.15) is 5.26 Å². The Labute approximate surface area is 144 Å². The molecule has 6 nitrogen and oxygen atoms in total. The van der Waals surface area contributed by atoms with E-state index in [4.69, 9.17) is 5.73 Å². The van der Waals surface area contributed by atoms with Gasteiger partial charge in [0.15, 0.2) is 0 Å². The van der Waals surface area contributed by atoms with Crippen LogP contribution < -0.4 is 16.0 Å². The lowest BCUT2D eigenvalue weighted by Gasteiger charge is -2.17. The van der Waals surface area contributed by atoms with E-state index in [1.165, 1.54) is 31.2 Å². The highest BCUT2D eigenvalue weighted by Crippen LogP contribution is 2.19. The molecule has 0 bridgehead atoms. The van der Waals surface area contributed by atoms with Crippen molar-refractivity contribution in [1.82, 2.24) is 0 Å². The van der Waals surface area contributed by atoms with E-state index >= 15 is 0 Å². The fraction of sp³-hybridized carbons (Fsp3) is 0.0556. The molecule has 0 aliphatic heterocycles. The van der Waals surface area contributed by atoms with E-state index in [9.17, 15) is 19.2 Å². The predicted molar refractivity (Wildman–Crippen MR) is 92.7 cm³/mol. The molecular weight excluding hydrogens is 323 g/mol. The summed E-state index contributed by atoms with van der Waals surface area (Å²) < 4.78 is 12.9. The second-order valence-corrected chi connectivity index (χ2v) is 5.10. The van der Waals surface area contributed by atoms with Crippen molar-refractivity contribution < 1.29 is 14.0 Å². The first kappa shape index (κ1) is 17.7. The van der Waals surface area contributed by atoms with Crippen LogP contribution in [0.2, 0.25) is 0 Å². The van der Waals surface area contributed by atoms with Crippen molar-refractivity contribution in [3.63, 3.8) is 0 Å². The maximum Gasteiger partial charge on any atom is 0.267 e. The Hall–Kier alpha value is -3.66. The van der Waals surface area contributed by atoms with Gasteiger partial charge in [-0.1, -0.05) is 6.07 Å². The van der Waals surface area contributed by atoms with Crippen molar-refractivity contribution in [3.05, 3.63) is 66.1 Å². The summed E-state index contributed by atoms with van der Waals surface area (Å²) in [5, 5.41) is 11.7. The van der Waals surface area contributed by atoms with Gasteiger partial charge >= 0.3 is 0 Å².